The summed E-state index contributed by atoms with van der Waals surface area (Å²) in [6.45, 7) is 1.57. The second-order valence-corrected chi connectivity index (χ2v) is 4.68. The average Bonchev–Trinajstić information content (AvgIpc) is 3.02. The summed E-state index contributed by atoms with van der Waals surface area (Å²) >= 11 is 0. The van der Waals surface area contributed by atoms with Crippen molar-refractivity contribution in [3.8, 4) is 11.5 Å². The molecule has 0 atom stereocenters. The van der Waals surface area contributed by atoms with E-state index >= 15 is 0 Å². The van der Waals surface area contributed by atoms with Gasteiger partial charge in [-0.05, 0) is 37.3 Å². The monoisotopic (exact) mass is 314 g/mol. The third-order valence-corrected chi connectivity index (χ3v) is 2.90. The summed E-state index contributed by atoms with van der Waals surface area (Å²) in [5, 5.41) is 11.2. The highest BCUT2D eigenvalue weighted by Crippen LogP contribution is 2.17. The van der Waals surface area contributed by atoms with E-state index in [0.29, 0.717) is 16.8 Å². The van der Waals surface area contributed by atoms with E-state index < -0.39 is 5.97 Å². The predicted molar refractivity (Wildman–Crippen MR) is 75.6 cm³/mol. The number of hydrogen-bond donors (Lipinski definition) is 0. The van der Waals surface area contributed by atoms with Crippen molar-refractivity contribution in [3.63, 3.8) is 0 Å². The maximum atomic E-state index is 12.9. The molecule has 0 radical (unpaired) electrons. The van der Waals surface area contributed by atoms with E-state index in [0.717, 1.165) is 0 Å². The van der Waals surface area contributed by atoms with E-state index in [-0.39, 0.29) is 24.1 Å². The van der Waals surface area contributed by atoms with E-state index in [4.69, 9.17) is 9.26 Å². The highest BCUT2D eigenvalue weighted by atomic mass is 19.1. The lowest BCUT2D eigenvalue weighted by Crippen LogP contribution is -2.07. The second kappa shape index (κ2) is 6.30. The normalized spacial score (nSPS) is 10.5. The lowest BCUT2D eigenvalue weighted by Gasteiger charge is -2.01. The molecule has 3 aromatic rings. The molecule has 8 heteroatoms. The first-order chi connectivity index (χ1) is 11.1. The maximum Gasteiger partial charge on any atom is 0.340 e. The van der Waals surface area contributed by atoms with Gasteiger partial charge in [-0.3, -0.25) is 0 Å². The number of halogens is 1. The van der Waals surface area contributed by atoms with Gasteiger partial charge < -0.3 is 9.26 Å². The second-order valence-electron chi connectivity index (χ2n) is 4.68. The summed E-state index contributed by atoms with van der Waals surface area (Å²) < 4.78 is 23.0. The van der Waals surface area contributed by atoms with E-state index in [1.165, 1.54) is 30.5 Å². The summed E-state index contributed by atoms with van der Waals surface area (Å²) in [4.78, 5) is 16.0. The van der Waals surface area contributed by atoms with Crippen LogP contribution in [0, 0.1) is 12.7 Å². The zero-order valence-corrected chi connectivity index (χ0v) is 12.1. The van der Waals surface area contributed by atoms with Gasteiger partial charge in [-0.15, -0.1) is 0 Å². The number of rotatable bonds is 4. The Labute approximate surface area is 130 Å². The Morgan fingerprint density at radius 3 is 2.83 bits per heavy atom. The van der Waals surface area contributed by atoms with Crippen molar-refractivity contribution >= 4 is 5.97 Å². The minimum atomic E-state index is -0.559. The van der Waals surface area contributed by atoms with Gasteiger partial charge in [-0.1, -0.05) is 5.16 Å². The minimum Gasteiger partial charge on any atom is -0.454 e. The Morgan fingerprint density at radius 2 is 2.09 bits per heavy atom. The zero-order valence-electron chi connectivity index (χ0n) is 12.1. The van der Waals surface area contributed by atoms with E-state index in [1.54, 1.807) is 13.0 Å². The predicted octanol–water partition coefficient (Wildman–Crippen LogP) is 2.33. The fraction of sp³-hybridized carbons (Fsp3) is 0.133. The Balaban J connectivity index is 1.65. The lowest BCUT2D eigenvalue weighted by atomic mass is 10.2. The molecule has 0 unspecified atom stereocenters. The summed E-state index contributed by atoms with van der Waals surface area (Å²) in [5.74, 6) is -0.492. The molecular formula is C15H11FN4O3. The Morgan fingerprint density at radius 1 is 1.30 bits per heavy atom. The van der Waals surface area contributed by atoms with Gasteiger partial charge in [0.2, 0.25) is 5.82 Å². The van der Waals surface area contributed by atoms with Crippen molar-refractivity contribution in [1.82, 2.24) is 20.3 Å². The molecule has 116 valence electrons. The topological polar surface area (TPSA) is 91.0 Å². The van der Waals surface area contributed by atoms with Crippen molar-refractivity contribution < 1.29 is 18.4 Å². The quantitative estimate of drug-likeness (QED) is 0.682. The molecule has 0 amide bonds. The van der Waals surface area contributed by atoms with E-state index in [9.17, 15) is 9.18 Å². The van der Waals surface area contributed by atoms with Crippen molar-refractivity contribution in [1.29, 1.82) is 0 Å². The molecule has 0 N–H and O–H groups in total. The summed E-state index contributed by atoms with van der Waals surface area (Å²) in [6, 6.07) is 7.18. The largest absolute Gasteiger partial charge is 0.454 e. The zero-order chi connectivity index (χ0) is 16.2. The van der Waals surface area contributed by atoms with Gasteiger partial charge in [-0.25, -0.2) is 9.18 Å². The van der Waals surface area contributed by atoms with E-state index in [2.05, 4.69) is 20.3 Å². The number of aromatic nitrogens is 4. The first kappa shape index (κ1) is 14.8. The fourth-order valence-electron chi connectivity index (χ4n) is 1.82. The van der Waals surface area contributed by atoms with Gasteiger partial charge in [0.1, 0.15) is 5.82 Å². The molecule has 0 fully saturated rings. The van der Waals surface area contributed by atoms with Crippen LogP contribution in [0.5, 0.6) is 0 Å². The molecule has 0 aliphatic rings. The first-order valence-corrected chi connectivity index (χ1v) is 6.67. The number of nitrogens with zero attached hydrogens (tertiary/aromatic N) is 4. The standard InChI is InChI=1S/C15H11FN4O3/c1-9-6-11(7-17-19-9)15(21)22-8-13-18-14(23-20-13)10-2-4-12(16)5-3-10/h2-7H,8H2,1H3. The molecule has 0 bridgehead atoms. The summed E-state index contributed by atoms with van der Waals surface area (Å²) in [6.07, 6.45) is 1.31. The average molecular weight is 314 g/mol. The van der Waals surface area contributed by atoms with E-state index in [1.807, 2.05) is 0 Å². The molecule has 0 aliphatic heterocycles. The van der Waals surface area contributed by atoms with Crippen LogP contribution in [0.2, 0.25) is 0 Å². The molecule has 2 aromatic heterocycles. The first-order valence-electron chi connectivity index (χ1n) is 6.67. The fourth-order valence-corrected chi connectivity index (χ4v) is 1.82. The molecule has 0 aliphatic carbocycles. The van der Waals surface area contributed by atoms with Crippen LogP contribution < -0.4 is 0 Å². The van der Waals surface area contributed by atoms with Gasteiger partial charge in [0, 0.05) is 5.56 Å². The Bertz CT molecular complexity index is 833. The third kappa shape index (κ3) is 3.54. The SMILES string of the molecule is Cc1cc(C(=O)OCc2noc(-c3ccc(F)cc3)n2)cnn1. The molecule has 7 nitrogen and oxygen atoms in total. The van der Waals surface area contributed by atoms with Crippen molar-refractivity contribution in [3.05, 3.63) is 59.4 Å². The highest BCUT2D eigenvalue weighted by molar-refractivity contribution is 5.88. The Hall–Kier alpha value is -3.16. The van der Waals surface area contributed by atoms with Crippen LogP contribution in [0.25, 0.3) is 11.5 Å². The molecule has 3 rings (SSSR count). The number of benzene rings is 1. The summed E-state index contributed by atoms with van der Waals surface area (Å²) in [5.41, 5.74) is 1.47. The molecule has 1 aromatic carbocycles. The minimum absolute atomic E-state index is 0.148. The van der Waals surface area contributed by atoms with Gasteiger partial charge in [0.05, 0.1) is 17.5 Å². The van der Waals surface area contributed by atoms with Crippen LogP contribution >= 0.6 is 0 Å². The molecule has 0 spiro atoms. The van der Waals surface area contributed by atoms with Gasteiger partial charge in [0.15, 0.2) is 6.61 Å². The molecule has 23 heavy (non-hydrogen) atoms. The lowest BCUT2D eigenvalue weighted by molar-refractivity contribution is 0.0459. The third-order valence-electron chi connectivity index (χ3n) is 2.90. The van der Waals surface area contributed by atoms with Gasteiger partial charge in [0.25, 0.3) is 5.89 Å². The Kier molecular flexibility index (Phi) is 4.05. The number of aryl methyl sites for hydroxylation is 1. The van der Waals surface area contributed by atoms with Crippen LogP contribution in [-0.4, -0.2) is 26.3 Å². The smallest absolute Gasteiger partial charge is 0.340 e. The molecule has 0 saturated heterocycles. The number of esters is 1. The van der Waals surface area contributed by atoms with Crippen molar-refractivity contribution in [2.75, 3.05) is 0 Å². The van der Waals surface area contributed by atoms with Crippen LogP contribution in [0.4, 0.5) is 4.39 Å². The van der Waals surface area contributed by atoms with Crippen LogP contribution in [0.1, 0.15) is 21.9 Å². The van der Waals surface area contributed by atoms with Crippen LogP contribution in [0.15, 0.2) is 41.1 Å². The van der Waals surface area contributed by atoms with Crippen molar-refractivity contribution in [2.45, 2.75) is 13.5 Å². The summed E-state index contributed by atoms with van der Waals surface area (Å²) in [7, 11) is 0. The highest BCUT2D eigenvalue weighted by Gasteiger charge is 2.13. The number of carbonyl (C=O) groups is 1. The van der Waals surface area contributed by atoms with Crippen LogP contribution in [-0.2, 0) is 11.3 Å². The maximum absolute atomic E-state index is 12.9. The number of hydrogen-bond acceptors (Lipinski definition) is 7. The van der Waals surface area contributed by atoms with Gasteiger partial charge in [-0.2, -0.15) is 15.2 Å². The van der Waals surface area contributed by atoms with Gasteiger partial charge >= 0.3 is 5.97 Å². The number of carbonyl (C=O) groups excluding carboxylic acids is 1. The number of ether oxygens (including phenoxy) is 1. The molecule has 0 saturated carbocycles. The van der Waals surface area contributed by atoms with Crippen molar-refractivity contribution in [2.24, 2.45) is 0 Å². The molecular weight excluding hydrogens is 303 g/mol. The molecule has 2 heterocycles. The van der Waals surface area contributed by atoms with Crippen LogP contribution in [0.3, 0.4) is 0 Å².